The number of rotatable bonds is 3. The van der Waals surface area contributed by atoms with Crippen LogP contribution in [0.4, 0.5) is 13.2 Å². The number of aryl methyl sites for hydroxylation is 1. The van der Waals surface area contributed by atoms with Crippen LogP contribution in [0.2, 0.25) is 5.02 Å². The van der Waals surface area contributed by atoms with Crippen LogP contribution in [0.25, 0.3) is 10.9 Å². The zero-order valence-electron chi connectivity index (χ0n) is 14.6. The molecule has 0 aliphatic carbocycles. The van der Waals surface area contributed by atoms with Gasteiger partial charge in [0.15, 0.2) is 0 Å². The molecule has 27 heavy (non-hydrogen) atoms. The highest BCUT2D eigenvalue weighted by Crippen LogP contribution is 2.35. The zero-order chi connectivity index (χ0) is 19.9. The lowest BCUT2D eigenvalue weighted by Gasteiger charge is -2.25. The van der Waals surface area contributed by atoms with Crippen LogP contribution in [0, 0.1) is 5.92 Å². The number of fused-ring (bicyclic) bond motifs is 3. The highest BCUT2D eigenvalue weighted by Gasteiger charge is 2.39. The molecule has 0 radical (unpaired) electrons. The van der Waals surface area contributed by atoms with Crippen molar-refractivity contribution in [2.45, 2.75) is 25.6 Å². The molecule has 0 unspecified atom stereocenters. The van der Waals surface area contributed by atoms with E-state index < -0.39 is 30.5 Å². The Kier molecular flexibility index (Phi) is 5.07. The monoisotopic (exact) mass is 403 g/mol. The number of halogens is 4. The largest absolute Gasteiger partial charge is 0.469 e. The van der Waals surface area contributed by atoms with Crippen LogP contribution in [0.15, 0.2) is 12.3 Å². The molecule has 10 heteroatoms. The lowest BCUT2D eigenvalue weighted by atomic mass is 9.93. The van der Waals surface area contributed by atoms with E-state index in [4.69, 9.17) is 11.6 Å². The first-order valence-electron chi connectivity index (χ1n) is 8.15. The van der Waals surface area contributed by atoms with E-state index in [-0.39, 0.29) is 19.4 Å². The predicted octanol–water partition coefficient (Wildman–Crippen LogP) is 2.85. The molecule has 1 aromatic heterocycles. The Morgan fingerprint density at radius 1 is 1.44 bits per heavy atom. The number of hydrogen-bond acceptors (Lipinski definition) is 4. The second kappa shape index (κ2) is 7.03. The normalized spacial score (nSPS) is 17.8. The van der Waals surface area contributed by atoms with E-state index in [0.29, 0.717) is 27.1 Å². The first-order valence-corrected chi connectivity index (χ1v) is 8.53. The number of alkyl halides is 3. The zero-order valence-corrected chi connectivity index (χ0v) is 15.4. The van der Waals surface area contributed by atoms with Gasteiger partial charge in [-0.2, -0.15) is 18.3 Å². The molecule has 1 atom stereocenters. The van der Waals surface area contributed by atoms with Crippen LogP contribution >= 0.6 is 11.6 Å². The number of amides is 1. The molecule has 2 heterocycles. The van der Waals surface area contributed by atoms with Gasteiger partial charge in [0, 0.05) is 19.0 Å². The summed E-state index contributed by atoms with van der Waals surface area (Å²) in [6.45, 7) is -1.63. The minimum atomic E-state index is -4.56. The average molecular weight is 404 g/mol. The Morgan fingerprint density at radius 2 is 2.15 bits per heavy atom. The summed E-state index contributed by atoms with van der Waals surface area (Å²) in [7, 11) is 2.84. The maximum atomic E-state index is 13.0. The topological polar surface area (TPSA) is 64.4 Å². The second-order valence-corrected chi connectivity index (χ2v) is 6.92. The van der Waals surface area contributed by atoms with E-state index in [0.717, 1.165) is 4.90 Å². The summed E-state index contributed by atoms with van der Waals surface area (Å²) in [5.41, 5.74) is 1.78. The van der Waals surface area contributed by atoms with Crippen LogP contribution in [0.1, 0.15) is 17.5 Å². The van der Waals surface area contributed by atoms with Crippen LogP contribution in [0.5, 0.6) is 0 Å². The maximum absolute atomic E-state index is 13.0. The maximum Gasteiger partial charge on any atom is 0.406 e. The lowest BCUT2D eigenvalue weighted by molar-refractivity contribution is -0.165. The van der Waals surface area contributed by atoms with E-state index in [2.05, 4.69) is 9.84 Å². The third-order valence-corrected chi connectivity index (χ3v) is 4.95. The van der Waals surface area contributed by atoms with Crippen molar-refractivity contribution in [1.82, 2.24) is 14.7 Å². The minimum Gasteiger partial charge on any atom is -0.469 e. The molecule has 146 valence electrons. The van der Waals surface area contributed by atoms with Gasteiger partial charge in [-0.1, -0.05) is 11.6 Å². The van der Waals surface area contributed by atoms with Gasteiger partial charge >= 0.3 is 12.1 Å². The molecule has 0 bridgehead atoms. The summed E-state index contributed by atoms with van der Waals surface area (Å²) in [5.74, 6) is -2.34. The number of aromatic nitrogens is 2. The van der Waals surface area contributed by atoms with Crippen molar-refractivity contribution in [3.63, 3.8) is 0 Å². The van der Waals surface area contributed by atoms with Crippen LogP contribution in [0.3, 0.4) is 0 Å². The SMILES string of the molecule is COC(=O)C[C@@H]1Cc2cc(Cl)c3c(cnn3C)c2CN(CC(F)(F)F)C1=O. The van der Waals surface area contributed by atoms with E-state index in [9.17, 15) is 22.8 Å². The number of carbonyl (C=O) groups excluding carboxylic acids is 2. The smallest absolute Gasteiger partial charge is 0.406 e. The van der Waals surface area contributed by atoms with Gasteiger partial charge < -0.3 is 9.64 Å². The summed E-state index contributed by atoms with van der Waals surface area (Å²) >= 11 is 6.32. The van der Waals surface area contributed by atoms with Crippen molar-refractivity contribution in [1.29, 1.82) is 0 Å². The third-order valence-electron chi connectivity index (χ3n) is 4.67. The van der Waals surface area contributed by atoms with Crippen molar-refractivity contribution >= 4 is 34.4 Å². The number of benzene rings is 1. The summed E-state index contributed by atoms with van der Waals surface area (Å²) in [6, 6.07) is 1.63. The Balaban J connectivity index is 2.12. The number of methoxy groups -OCH3 is 1. The van der Waals surface area contributed by atoms with E-state index >= 15 is 0 Å². The van der Waals surface area contributed by atoms with Crippen molar-refractivity contribution in [2.75, 3.05) is 13.7 Å². The van der Waals surface area contributed by atoms with E-state index in [1.54, 1.807) is 13.1 Å². The van der Waals surface area contributed by atoms with Gasteiger partial charge in [-0.25, -0.2) is 0 Å². The molecule has 2 aromatic rings. The van der Waals surface area contributed by atoms with Gasteiger partial charge in [0.25, 0.3) is 0 Å². The first kappa shape index (κ1) is 19.5. The summed E-state index contributed by atoms with van der Waals surface area (Å²) in [4.78, 5) is 25.1. The van der Waals surface area contributed by atoms with Gasteiger partial charge in [0.1, 0.15) is 6.54 Å². The highest BCUT2D eigenvalue weighted by molar-refractivity contribution is 6.35. The Labute approximate surface area is 157 Å². The van der Waals surface area contributed by atoms with Gasteiger partial charge in [-0.15, -0.1) is 0 Å². The number of esters is 1. The van der Waals surface area contributed by atoms with Gasteiger partial charge in [0.2, 0.25) is 5.91 Å². The highest BCUT2D eigenvalue weighted by atomic mass is 35.5. The molecular weight excluding hydrogens is 387 g/mol. The minimum absolute atomic E-state index is 0.0994. The Hall–Kier alpha value is -2.29. The fourth-order valence-electron chi connectivity index (χ4n) is 3.47. The molecule has 0 fully saturated rings. The van der Waals surface area contributed by atoms with Crippen LogP contribution in [-0.2, 0) is 34.3 Å². The summed E-state index contributed by atoms with van der Waals surface area (Å²) < 4.78 is 45.2. The Bertz CT molecular complexity index is 910. The van der Waals surface area contributed by atoms with Gasteiger partial charge in [-0.05, 0) is 23.6 Å². The Morgan fingerprint density at radius 3 is 2.78 bits per heavy atom. The molecule has 0 saturated heterocycles. The van der Waals surface area contributed by atoms with E-state index in [1.165, 1.54) is 18.0 Å². The molecule has 0 spiro atoms. The predicted molar refractivity (Wildman–Crippen MR) is 91.0 cm³/mol. The van der Waals surface area contributed by atoms with Crippen LogP contribution < -0.4 is 0 Å². The summed E-state index contributed by atoms with van der Waals surface area (Å²) in [5, 5.41) is 5.11. The number of ether oxygens (including phenoxy) is 1. The average Bonchev–Trinajstić information content (AvgIpc) is 2.91. The quantitative estimate of drug-likeness (QED) is 0.739. The molecule has 1 aliphatic heterocycles. The van der Waals surface area contributed by atoms with Gasteiger partial charge in [0.05, 0.1) is 36.2 Å². The third kappa shape index (κ3) is 3.87. The fourth-order valence-corrected chi connectivity index (χ4v) is 3.82. The van der Waals surface area contributed by atoms with Crippen molar-refractivity contribution in [2.24, 2.45) is 13.0 Å². The second-order valence-electron chi connectivity index (χ2n) is 6.52. The molecule has 1 amide bonds. The number of hydrogen-bond donors (Lipinski definition) is 0. The van der Waals surface area contributed by atoms with E-state index in [1.807, 2.05) is 0 Å². The fraction of sp³-hybridized carbons (Fsp3) is 0.471. The molecule has 1 aromatic carbocycles. The molecular formula is C17H17ClF3N3O3. The van der Waals surface area contributed by atoms with Gasteiger partial charge in [-0.3, -0.25) is 14.3 Å². The number of nitrogens with zero attached hydrogens (tertiary/aromatic N) is 3. The molecule has 0 saturated carbocycles. The molecule has 0 N–H and O–H groups in total. The number of carbonyl (C=O) groups is 2. The molecule has 6 nitrogen and oxygen atoms in total. The molecule has 3 rings (SSSR count). The van der Waals surface area contributed by atoms with Crippen molar-refractivity contribution < 1.29 is 27.5 Å². The van der Waals surface area contributed by atoms with Crippen molar-refractivity contribution in [3.8, 4) is 0 Å². The summed E-state index contributed by atoms with van der Waals surface area (Å²) in [6.07, 6.45) is -3.23. The van der Waals surface area contributed by atoms with Crippen LogP contribution in [-0.4, -0.2) is 46.4 Å². The lowest BCUT2D eigenvalue weighted by Crippen LogP contribution is -2.41. The first-order chi connectivity index (χ1) is 12.6. The molecule has 1 aliphatic rings. The standard InChI is InChI=1S/C17H17ClF3N3O3/c1-23-15-11(6-22-23)12-7-24(8-17(19,20)21)16(26)10(5-14(25)27-2)3-9(12)4-13(15)18/h4,6,10H,3,5,7-8H2,1-2H3/t10-/m0/s1. The van der Waals surface area contributed by atoms with Crippen molar-refractivity contribution in [3.05, 3.63) is 28.4 Å².